The second kappa shape index (κ2) is 7.44. The molecule has 0 radical (unpaired) electrons. The number of aromatic nitrogens is 1. The van der Waals surface area contributed by atoms with Crippen molar-refractivity contribution in [2.75, 3.05) is 18.5 Å². The number of allylic oxidation sites excluding steroid dienone is 1. The number of hydrogen-bond acceptors (Lipinski definition) is 5. The SMILES string of the molecule is C=CCc1cccc(C(=O)OC2CN(C)C(=O)N2c2nc3ccccc3s2)c1. The molecule has 0 spiro atoms. The van der Waals surface area contributed by atoms with E-state index in [1.54, 1.807) is 25.3 Å². The van der Waals surface area contributed by atoms with Crippen LogP contribution in [0.1, 0.15) is 15.9 Å². The topological polar surface area (TPSA) is 62.7 Å². The maximum absolute atomic E-state index is 12.7. The van der Waals surface area contributed by atoms with Gasteiger partial charge in [0.2, 0.25) is 6.23 Å². The molecule has 0 aliphatic carbocycles. The molecular formula is C21H19N3O3S. The average molecular weight is 393 g/mol. The Balaban J connectivity index is 1.60. The molecule has 6 nitrogen and oxygen atoms in total. The minimum Gasteiger partial charge on any atom is -0.435 e. The molecular weight excluding hydrogens is 374 g/mol. The molecule has 142 valence electrons. The average Bonchev–Trinajstić information content (AvgIpc) is 3.23. The molecule has 2 heterocycles. The van der Waals surface area contributed by atoms with Crippen LogP contribution in [0.15, 0.2) is 61.2 Å². The summed E-state index contributed by atoms with van der Waals surface area (Å²) in [6.07, 6.45) is 1.72. The van der Waals surface area contributed by atoms with Crippen molar-refractivity contribution in [3.8, 4) is 0 Å². The van der Waals surface area contributed by atoms with E-state index in [2.05, 4.69) is 11.6 Å². The molecule has 7 heteroatoms. The van der Waals surface area contributed by atoms with E-state index in [1.165, 1.54) is 21.1 Å². The quantitative estimate of drug-likeness (QED) is 0.484. The van der Waals surface area contributed by atoms with Gasteiger partial charge in [-0.15, -0.1) is 6.58 Å². The lowest BCUT2D eigenvalue weighted by atomic mass is 10.1. The Morgan fingerprint density at radius 3 is 2.93 bits per heavy atom. The van der Waals surface area contributed by atoms with E-state index in [1.807, 2.05) is 36.4 Å². The van der Waals surface area contributed by atoms with E-state index in [9.17, 15) is 9.59 Å². The largest absolute Gasteiger partial charge is 0.435 e. The maximum atomic E-state index is 12.7. The first-order chi connectivity index (χ1) is 13.6. The van der Waals surface area contributed by atoms with Gasteiger partial charge in [0.05, 0.1) is 22.3 Å². The monoisotopic (exact) mass is 393 g/mol. The van der Waals surface area contributed by atoms with Gasteiger partial charge >= 0.3 is 12.0 Å². The number of ether oxygens (including phenoxy) is 1. The summed E-state index contributed by atoms with van der Waals surface area (Å²) in [5, 5.41) is 0.522. The van der Waals surface area contributed by atoms with Gasteiger partial charge in [-0.1, -0.05) is 41.7 Å². The molecule has 1 atom stereocenters. The van der Waals surface area contributed by atoms with Gasteiger partial charge in [-0.05, 0) is 36.2 Å². The third-order valence-electron chi connectivity index (χ3n) is 4.53. The van der Waals surface area contributed by atoms with Crippen LogP contribution in [-0.4, -0.2) is 41.7 Å². The second-order valence-corrected chi connectivity index (χ2v) is 7.56. The van der Waals surface area contributed by atoms with E-state index in [0.29, 0.717) is 17.1 Å². The molecule has 2 aromatic carbocycles. The Labute approximate surface area is 166 Å². The van der Waals surface area contributed by atoms with Gasteiger partial charge in [-0.3, -0.25) is 0 Å². The zero-order chi connectivity index (χ0) is 19.7. The summed E-state index contributed by atoms with van der Waals surface area (Å²) in [5.74, 6) is -0.467. The third-order valence-corrected chi connectivity index (χ3v) is 5.56. The van der Waals surface area contributed by atoms with Crippen molar-refractivity contribution in [2.24, 2.45) is 0 Å². The molecule has 0 bridgehead atoms. The number of likely N-dealkylation sites (N-methyl/N-ethyl adjacent to an activating group) is 1. The molecule has 1 aromatic heterocycles. The fourth-order valence-corrected chi connectivity index (χ4v) is 4.14. The summed E-state index contributed by atoms with van der Waals surface area (Å²) in [7, 11) is 1.68. The van der Waals surface area contributed by atoms with Gasteiger partial charge in [0, 0.05) is 7.05 Å². The van der Waals surface area contributed by atoms with Crippen molar-refractivity contribution in [3.05, 3.63) is 72.3 Å². The standard InChI is InChI=1S/C21H19N3O3S/c1-3-7-14-8-6-9-15(12-14)19(25)27-18-13-23(2)21(26)24(18)20-22-16-10-4-5-11-17(16)28-20/h3-6,8-12,18H,1,7,13H2,2H3. The third kappa shape index (κ3) is 3.36. The number of benzene rings is 2. The molecule has 1 aliphatic rings. The number of anilines is 1. The fraction of sp³-hybridized carbons (Fsp3) is 0.190. The van der Waals surface area contributed by atoms with Crippen molar-refractivity contribution in [2.45, 2.75) is 12.6 Å². The van der Waals surface area contributed by atoms with Crippen LogP contribution >= 0.6 is 11.3 Å². The number of nitrogens with zero attached hydrogens (tertiary/aromatic N) is 3. The lowest BCUT2D eigenvalue weighted by molar-refractivity contribution is 0.0331. The first kappa shape index (κ1) is 18.2. The number of urea groups is 1. The zero-order valence-electron chi connectivity index (χ0n) is 15.4. The van der Waals surface area contributed by atoms with Gasteiger partial charge in [0.25, 0.3) is 0 Å². The summed E-state index contributed by atoms with van der Waals surface area (Å²) >= 11 is 1.40. The second-order valence-electron chi connectivity index (χ2n) is 6.55. The molecule has 1 aliphatic heterocycles. The highest BCUT2D eigenvalue weighted by Crippen LogP contribution is 2.33. The molecule has 28 heavy (non-hydrogen) atoms. The molecule has 1 fully saturated rings. The van der Waals surface area contributed by atoms with E-state index in [-0.39, 0.29) is 12.6 Å². The minimum atomic E-state index is -0.728. The number of rotatable bonds is 5. The predicted octanol–water partition coefficient (Wildman–Crippen LogP) is 4.08. The van der Waals surface area contributed by atoms with E-state index >= 15 is 0 Å². The van der Waals surface area contributed by atoms with Crippen molar-refractivity contribution in [1.29, 1.82) is 0 Å². The van der Waals surface area contributed by atoms with Crippen molar-refractivity contribution < 1.29 is 14.3 Å². The van der Waals surface area contributed by atoms with Crippen LogP contribution in [0, 0.1) is 0 Å². The van der Waals surface area contributed by atoms with Crippen LogP contribution in [0.4, 0.5) is 9.93 Å². The van der Waals surface area contributed by atoms with Gasteiger partial charge in [-0.2, -0.15) is 0 Å². The smallest absolute Gasteiger partial charge is 0.340 e. The number of para-hydroxylation sites is 1. The highest BCUT2D eigenvalue weighted by molar-refractivity contribution is 7.22. The summed E-state index contributed by atoms with van der Waals surface area (Å²) in [5.41, 5.74) is 2.24. The molecule has 4 rings (SSSR count). The molecule has 1 unspecified atom stereocenters. The number of carbonyl (C=O) groups excluding carboxylic acids is 2. The number of amides is 2. The van der Waals surface area contributed by atoms with Crippen molar-refractivity contribution in [1.82, 2.24) is 9.88 Å². The maximum Gasteiger partial charge on any atom is 0.340 e. The van der Waals surface area contributed by atoms with Gasteiger partial charge < -0.3 is 9.64 Å². The number of carbonyl (C=O) groups is 2. The molecule has 1 saturated heterocycles. The van der Waals surface area contributed by atoms with Gasteiger partial charge in [-0.25, -0.2) is 19.5 Å². The van der Waals surface area contributed by atoms with Gasteiger partial charge in [0.1, 0.15) is 0 Å². The van der Waals surface area contributed by atoms with E-state index in [0.717, 1.165) is 15.8 Å². The highest BCUT2D eigenvalue weighted by atomic mass is 32.1. The Hall–Kier alpha value is -3.19. The lowest BCUT2D eigenvalue weighted by Crippen LogP contribution is -2.37. The summed E-state index contributed by atoms with van der Waals surface area (Å²) in [6, 6.07) is 14.7. The summed E-state index contributed by atoms with van der Waals surface area (Å²) < 4.78 is 6.67. The van der Waals surface area contributed by atoms with Crippen LogP contribution in [0.25, 0.3) is 10.2 Å². The van der Waals surface area contributed by atoms with Crippen LogP contribution < -0.4 is 4.90 Å². The van der Waals surface area contributed by atoms with Crippen molar-refractivity contribution in [3.63, 3.8) is 0 Å². The van der Waals surface area contributed by atoms with E-state index in [4.69, 9.17) is 4.74 Å². The zero-order valence-corrected chi connectivity index (χ0v) is 16.2. The molecule has 3 aromatic rings. The molecule has 0 saturated carbocycles. The highest BCUT2D eigenvalue weighted by Gasteiger charge is 2.40. The number of esters is 1. The number of hydrogen-bond donors (Lipinski definition) is 0. The molecule has 2 amide bonds. The van der Waals surface area contributed by atoms with Crippen LogP contribution in [0.3, 0.4) is 0 Å². The fourth-order valence-electron chi connectivity index (χ4n) is 3.14. The minimum absolute atomic E-state index is 0.239. The lowest BCUT2D eigenvalue weighted by Gasteiger charge is -2.20. The summed E-state index contributed by atoms with van der Waals surface area (Å²) in [6.45, 7) is 4.00. The normalized spacial score (nSPS) is 16.6. The number of fused-ring (bicyclic) bond motifs is 1. The van der Waals surface area contributed by atoms with Crippen LogP contribution in [0.2, 0.25) is 0 Å². The Kier molecular flexibility index (Phi) is 4.83. The molecule has 0 N–H and O–H groups in total. The first-order valence-corrected chi connectivity index (χ1v) is 9.69. The van der Waals surface area contributed by atoms with Gasteiger partial charge in [0.15, 0.2) is 5.13 Å². The number of thiazole rings is 1. The van der Waals surface area contributed by atoms with E-state index < -0.39 is 12.2 Å². The Morgan fingerprint density at radius 2 is 2.14 bits per heavy atom. The Morgan fingerprint density at radius 1 is 1.32 bits per heavy atom. The van der Waals surface area contributed by atoms with Crippen molar-refractivity contribution >= 4 is 38.7 Å². The predicted molar refractivity (Wildman–Crippen MR) is 110 cm³/mol. The van der Waals surface area contributed by atoms with Crippen LogP contribution in [0.5, 0.6) is 0 Å². The van der Waals surface area contributed by atoms with Crippen LogP contribution in [-0.2, 0) is 11.2 Å². The Bertz CT molecular complexity index is 1030. The first-order valence-electron chi connectivity index (χ1n) is 8.87. The summed E-state index contributed by atoms with van der Waals surface area (Å²) in [4.78, 5) is 32.9.